The average molecular weight is 466 g/mol. The fourth-order valence-electron chi connectivity index (χ4n) is 3.19. The lowest BCUT2D eigenvalue weighted by molar-refractivity contribution is -0.118. The summed E-state index contributed by atoms with van der Waals surface area (Å²) in [4.78, 5) is 41.5. The van der Waals surface area contributed by atoms with Gasteiger partial charge in [-0.1, -0.05) is 44.9 Å². The van der Waals surface area contributed by atoms with Crippen molar-refractivity contribution in [2.24, 2.45) is 0 Å². The Morgan fingerprint density at radius 1 is 1.09 bits per heavy atom. The summed E-state index contributed by atoms with van der Waals surface area (Å²) in [6, 6.07) is 7.76. The SMILES string of the molecule is CCCCN(C(=O)CN(C)S(=O)(=O)c1ccccc1)c1c(N)n(CCCC)c(=O)[nH]c1=O. The number of H-pyrrole nitrogens is 1. The van der Waals surface area contributed by atoms with Crippen LogP contribution in [-0.2, 0) is 21.4 Å². The van der Waals surface area contributed by atoms with Gasteiger partial charge in [-0.25, -0.2) is 13.2 Å². The highest BCUT2D eigenvalue weighted by Gasteiger charge is 2.28. The number of amides is 1. The standard InChI is InChI=1S/C21H31N5O5S/c1-4-6-13-25(18-19(22)26(14-7-5-2)21(29)23-20(18)28)17(27)15-24(3)32(30,31)16-11-9-8-10-12-16/h8-12H,4-7,13-15,22H2,1-3H3,(H,23,28,29). The van der Waals surface area contributed by atoms with E-state index in [1.807, 2.05) is 13.8 Å². The first kappa shape index (κ1) is 25.3. The number of nitrogens with one attached hydrogen (secondary N) is 1. The van der Waals surface area contributed by atoms with Gasteiger partial charge in [-0.3, -0.25) is 19.1 Å². The summed E-state index contributed by atoms with van der Waals surface area (Å²) in [6.45, 7) is 3.84. The number of hydrogen-bond acceptors (Lipinski definition) is 6. The number of rotatable bonds is 11. The third-order valence-electron chi connectivity index (χ3n) is 5.06. The monoisotopic (exact) mass is 465 g/mol. The minimum absolute atomic E-state index is 0.0564. The predicted octanol–water partition coefficient (Wildman–Crippen LogP) is 1.37. The van der Waals surface area contributed by atoms with Crippen LogP contribution in [0.2, 0.25) is 0 Å². The molecule has 1 aromatic carbocycles. The number of benzene rings is 1. The van der Waals surface area contributed by atoms with Gasteiger partial charge in [-0.2, -0.15) is 4.31 Å². The maximum Gasteiger partial charge on any atom is 0.330 e. The molecule has 0 unspecified atom stereocenters. The van der Waals surface area contributed by atoms with Crippen molar-refractivity contribution in [2.75, 3.05) is 30.8 Å². The normalized spacial score (nSPS) is 11.6. The van der Waals surface area contributed by atoms with Crippen LogP contribution in [0.25, 0.3) is 0 Å². The van der Waals surface area contributed by atoms with E-state index in [1.165, 1.54) is 28.6 Å². The van der Waals surface area contributed by atoms with Crippen molar-refractivity contribution in [2.45, 2.75) is 51.0 Å². The number of carbonyl (C=O) groups is 1. The molecule has 0 bridgehead atoms. The summed E-state index contributed by atoms with van der Waals surface area (Å²) in [5.74, 6) is -0.719. The Balaban J connectivity index is 2.43. The Hall–Kier alpha value is -2.92. The molecule has 0 aliphatic rings. The molecule has 10 nitrogen and oxygen atoms in total. The van der Waals surface area contributed by atoms with Gasteiger partial charge >= 0.3 is 5.69 Å². The quantitative estimate of drug-likeness (QED) is 0.514. The van der Waals surface area contributed by atoms with Crippen LogP contribution < -0.4 is 21.9 Å². The summed E-state index contributed by atoms with van der Waals surface area (Å²) in [5, 5.41) is 0. The molecule has 0 radical (unpaired) electrons. The van der Waals surface area contributed by atoms with Crippen molar-refractivity contribution >= 4 is 27.4 Å². The van der Waals surface area contributed by atoms with E-state index in [2.05, 4.69) is 4.98 Å². The molecular formula is C21H31N5O5S. The molecule has 32 heavy (non-hydrogen) atoms. The number of likely N-dealkylation sites (N-methyl/N-ethyl adjacent to an activating group) is 1. The van der Waals surface area contributed by atoms with Crippen LogP contribution in [0.5, 0.6) is 0 Å². The number of aromatic nitrogens is 2. The van der Waals surface area contributed by atoms with Crippen molar-refractivity contribution in [3.8, 4) is 0 Å². The van der Waals surface area contributed by atoms with Crippen molar-refractivity contribution in [1.82, 2.24) is 13.9 Å². The second kappa shape index (κ2) is 11.1. The van der Waals surface area contributed by atoms with E-state index >= 15 is 0 Å². The number of aromatic amines is 1. The molecule has 1 aromatic heterocycles. The molecule has 0 saturated heterocycles. The molecule has 1 heterocycles. The summed E-state index contributed by atoms with van der Waals surface area (Å²) >= 11 is 0. The van der Waals surface area contributed by atoms with Crippen LogP contribution in [0.1, 0.15) is 39.5 Å². The largest absolute Gasteiger partial charge is 0.383 e. The van der Waals surface area contributed by atoms with Gasteiger partial charge in [0, 0.05) is 20.1 Å². The Kier molecular flexibility index (Phi) is 8.79. The van der Waals surface area contributed by atoms with Crippen molar-refractivity contribution < 1.29 is 13.2 Å². The van der Waals surface area contributed by atoms with Gasteiger partial charge in [0.15, 0.2) is 5.69 Å². The number of unbranched alkanes of at least 4 members (excludes halogenated alkanes) is 2. The van der Waals surface area contributed by atoms with Crippen LogP contribution >= 0.6 is 0 Å². The highest BCUT2D eigenvalue weighted by molar-refractivity contribution is 7.89. The number of nitrogen functional groups attached to an aromatic ring is 1. The van der Waals surface area contributed by atoms with E-state index in [1.54, 1.807) is 18.2 Å². The lowest BCUT2D eigenvalue weighted by Gasteiger charge is -2.26. The molecule has 2 aromatic rings. The second-order valence-corrected chi connectivity index (χ2v) is 9.52. The van der Waals surface area contributed by atoms with Crippen molar-refractivity contribution in [1.29, 1.82) is 0 Å². The lowest BCUT2D eigenvalue weighted by Crippen LogP contribution is -2.46. The van der Waals surface area contributed by atoms with E-state index < -0.39 is 33.7 Å². The molecule has 0 spiro atoms. The van der Waals surface area contributed by atoms with Gasteiger partial charge in [0.1, 0.15) is 5.82 Å². The minimum atomic E-state index is -3.90. The molecule has 0 aliphatic heterocycles. The van der Waals surface area contributed by atoms with Crippen LogP contribution in [0.15, 0.2) is 44.8 Å². The van der Waals surface area contributed by atoms with Crippen molar-refractivity contribution in [3.05, 3.63) is 51.2 Å². The topological polar surface area (TPSA) is 139 Å². The van der Waals surface area contributed by atoms with E-state index in [0.29, 0.717) is 19.4 Å². The van der Waals surface area contributed by atoms with Crippen LogP contribution in [0.4, 0.5) is 11.5 Å². The zero-order chi connectivity index (χ0) is 23.9. The molecule has 3 N–H and O–H groups in total. The summed E-state index contributed by atoms with van der Waals surface area (Å²) < 4.78 is 27.8. The Morgan fingerprint density at radius 3 is 2.31 bits per heavy atom. The number of nitrogens with two attached hydrogens (primary N) is 1. The first-order valence-corrected chi connectivity index (χ1v) is 12.0. The van der Waals surface area contributed by atoms with Gasteiger partial charge in [0.25, 0.3) is 5.56 Å². The fraction of sp³-hybridized carbons (Fsp3) is 0.476. The molecule has 2 rings (SSSR count). The fourth-order valence-corrected chi connectivity index (χ4v) is 4.33. The van der Waals surface area contributed by atoms with Gasteiger partial charge in [-0.05, 0) is 25.0 Å². The lowest BCUT2D eigenvalue weighted by atomic mass is 10.2. The van der Waals surface area contributed by atoms with E-state index in [4.69, 9.17) is 5.73 Å². The summed E-state index contributed by atoms with van der Waals surface area (Å²) in [5.41, 5.74) is 4.60. The third-order valence-corrected chi connectivity index (χ3v) is 6.88. The van der Waals surface area contributed by atoms with Crippen LogP contribution in [0, 0.1) is 0 Å². The predicted molar refractivity (Wildman–Crippen MR) is 124 cm³/mol. The van der Waals surface area contributed by atoms with Crippen LogP contribution in [0.3, 0.4) is 0 Å². The number of hydrogen-bond donors (Lipinski definition) is 2. The maximum absolute atomic E-state index is 13.2. The van der Waals surface area contributed by atoms with Gasteiger partial charge in [0.05, 0.1) is 11.4 Å². The molecule has 0 aliphatic carbocycles. The molecule has 11 heteroatoms. The first-order chi connectivity index (χ1) is 15.1. The Bertz CT molecular complexity index is 1140. The number of nitrogens with zero attached hydrogens (tertiary/aromatic N) is 3. The molecule has 0 saturated carbocycles. The third kappa shape index (κ3) is 5.65. The maximum atomic E-state index is 13.2. The van der Waals surface area contributed by atoms with Gasteiger partial charge < -0.3 is 10.6 Å². The first-order valence-electron chi connectivity index (χ1n) is 10.6. The zero-order valence-electron chi connectivity index (χ0n) is 18.7. The van der Waals surface area contributed by atoms with Crippen LogP contribution in [-0.4, -0.2) is 48.3 Å². The molecule has 0 fully saturated rings. The van der Waals surface area contributed by atoms with Gasteiger partial charge in [-0.15, -0.1) is 0 Å². The summed E-state index contributed by atoms with van der Waals surface area (Å²) in [7, 11) is -2.60. The van der Waals surface area contributed by atoms with Gasteiger partial charge in [0.2, 0.25) is 15.9 Å². The Labute approximate surface area is 187 Å². The zero-order valence-corrected chi connectivity index (χ0v) is 19.5. The molecule has 176 valence electrons. The number of anilines is 2. The Morgan fingerprint density at radius 2 is 1.72 bits per heavy atom. The van der Waals surface area contributed by atoms with E-state index in [9.17, 15) is 22.8 Å². The highest BCUT2D eigenvalue weighted by atomic mass is 32.2. The second-order valence-electron chi connectivity index (χ2n) is 7.47. The van der Waals surface area contributed by atoms with E-state index in [-0.39, 0.29) is 22.9 Å². The molecule has 1 amide bonds. The molecular weight excluding hydrogens is 434 g/mol. The summed E-state index contributed by atoms with van der Waals surface area (Å²) in [6.07, 6.45) is 2.76. The molecule has 0 atom stereocenters. The average Bonchev–Trinajstić information content (AvgIpc) is 2.76. The minimum Gasteiger partial charge on any atom is -0.383 e. The number of carbonyl (C=O) groups excluding carboxylic acids is 1. The van der Waals surface area contributed by atoms with Crippen molar-refractivity contribution in [3.63, 3.8) is 0 Å². The smallest absolute Gasteiger partial charge is 0.330 e. The number of sulfonamides is 1. The van der Waals surface area contributed by atoms with E-state index in [0.717, 1.165) is 17.1 Å². The highest BCUT2D eigenvalue weighted by Crippen LogP contribution is 2.20.